The van der Waals surface area contributed by atoms with Crippen LogP contribution >= 0.6 is 0 Å². The fourth-order valence-electron chi connectivity index (χ4n) is 9.74. The number of hydrogen-bond donors (Lipinski definition) is 0. The Morgan fingerprint density at radius 1 is 0.347 bits per heavy atom. The summed E-state index contributed by atoms with van der Waals surface area (Å²) in [6.07, 6.45) is 0. The number of rotatable bonds is 7. The molecule has 3 aromatic heterocycles. The van der Waals surface area contributed by atoms with E-state index < -0.39 is 0 Å². The van der Waals surface area contributed by atoms with Crippen molar-refractivity contribution in [2.75, 3.05) is 0 Å². The number of aromatic nitrogens is 5. The molecule has 0 atom stereocenters. The Kier molecular flexibility index (Phi) is 10.2. The van der Waals surface area contributed by atoms with Crippen molar-refractivity contribution in [3.8, 4) is 86.0 Å². The smallest absolute Gasteiger partial charge is 0.188 e. The van der Waals surface area contributed by atoms with E-state index in [-0.39, 0.29) is 0 Å². The van der Waals surface area contributed by atoms with Crippen molar-refractivity contribution in [2.45, 2.75) is 0 Å². The highest BCUT2D eigenvalue weighted by molar-refractivity contribution is 6.12. The minimum absolute atomic E-state index is 0.411. The summed E-state index contributed by atoms with van der Waals surface area (Å²) in [6, 6.07) is 69.1. The molecule has 0 saturated heterocycles. The normalized spacial score (nSPS) is 11.0. The van der Waals surface area contributed by atoms with E-state index in [2.05, 4.69) is 73.4 Å². The molecule has 12 aromatic rings. The summed E-state index contributed by atoms with van der Waals surface area (Å²) < 4.78 is 4.32. The highest BCUT2D eigenvalue weighted by Crippen LogP contribution is 2.43. The van der Waals surface area contributed by atoms with Crippen LogP contribution in [0, 0.1) is 47.1 Å². The van der Waals surface area contributed by atoms with Crippen LogP contribution in [0.1, 0.15) is 16.7 Å². The third kappa shape index (κ3) is 7.13. The van der Waals surface area contributed by atoms with E-state index in [1.165, 1.54) is 0 Å². The lowest BCUT2D eigenvalue weighted by Crippen LogP contribution is -2.04. The van der Waals surface area contributed by atoms with Gasteiger partial charge in [0.2, 0.25) is 0 Å². The van der Waals surface area contributed by atoms with Crippen LogP contribution in [0.5, 0.6) is 0 Å². The molecule has 0 fully saturated rings. The van der Waals surface area contributed by atoms with Gasteiger partial charge in [0.05, 0.1) is 81.5 Å². The first-order chi connectivity index (χ1) is 35.4. The molecule has 0 saturated carbocycles. The van der Waals surface area contributed by atoms with Gasteiger partial charge in [0.1, 0.15) is 0 Å². The van der Waals surface area contributed by atoms with Crippen LogP contribution in [-0.4, -0.2) is 24.1 Å². The minimum atomic E-state index is 0.411. The van der Waals surface area contributed by atoms with Gasteiger partial charge in [0.15, 0.2) is 28.8 Å². The van der Waals surface area contributed by atoms with Crippen molar-refractivity contribution < 1.29 is 0 Å². The van der Waals surface area contributed by atoms with Crippen LogP contribution in [0.2, 0.25) is 0 Å². The van der Waals surface area contributed by atoms with Crippen molar-refractivity contribution in [3.05, 3.63) is 234 Å². The van der Waals surface area contributed by atoms with Gasteiger partial charge in [0.25, 0.3) is 0 Å². The topological polar surface area (TPSA) is 129 Å². The van der Waals surface area contributed by atoms with Crippen LogP contribution in [0.4, 0.5) is 11.4 Å². The fourth-order valence-corrected chi connectivity index (χ4v) is 9.74. The Morgan fingerprint density at radius 3 is 1.28 bits per heavy atom. The van der Waals surface area contributed by atoms with Gasteiger partial charge >= 0.3 is 0 Å². The summed E-state index contributed by atoms with van der Waals surface area (Å²) in [4.78, 5) is 23.1. The van der Waals surface area contributed by atoms with Gasteiger partial charge in [-0.05, 0) is 119 Å². The minimum Gasteiger partial charge on any atom is -0.309 e. The molecule has 0 aliphatic carbocycles. The summed E-state index contributed by atoms with van der Waals surface area (Å²) >= 11 is 0. The van der Waals surface area contributed by atoms with Gasteiger partial charge in [-0.1, -0.05) is 97.1 Å². The Bertz CT molecular complexity index is 4250. The largest absolute Gasteiger partial charge is 0.309 e. The quantitative estimate of drug-likeness (QED) is 0.146. The lowest BCUT2D eigenvalue weighted by Gasteiger charge is -2.19. The molecular weight excluding hydrogens is 885 g/mol. The number of hydrogen-bond acceptors (Lipinski definition) is 6. The molecule has 0 amide bonds. The molecule has 10 nitrogen and oxygen atoms in total. The Hall–Kier alpha value is -11.0. The number of nitrogens with zero attached hydrogens (tertiary/aromatic N) is 10. The molecule has 0 N–H and O–H groups in total. The summed E-state index contributed by atoms with van der Waals surface area (Å²) in [5, 5.41) is 33.4. The molecular formula is C62H32N10. The summed E-state index contributed by atoms with van der Waals surface area (Å²) in [5.41, 5.74) is 13.1. The van der Waals surface area contributed by atoms with E-state index in [9.17, 15) is 15.8 Å². The summed E-state index contributed by atoms with van der Waals surface area (Å²) in [6.45, 7) is 15.7. The Balaban J connectivity index is 1.20. The average Bonchev–Trinajstić information content (AvgIpc) is 3.95. The summed E-state index contributed by atoms with van der Waals surface area (Å²) in [5.74, 6) is 1.38. The number of fused-ring (bicyclic) bond motifs is 6. The molecule has 0 unspecified atom stereocenters. The zero-order valence-electron chi connectivity index (χ0n) is 37.9. The number of benzene rings is 9. The van der Waals surface area contributed by atoms with Gasteiger partial charge < -0.3 is 9.13 Å². The van der Waals surface area contributed by atoms with Crippen molar-refractivity contribution in [3.63, 3.8) is 0 Å². The van der Waals surface area contributed by atoms with Gasteiger partial charge in [-0.3, -0.25) is 0 Å². The molecule has 9 aromatic carbocycles. The van der Waals surface area contributed by atoms with Crippen LogP contribution < -0.4 is 0 Å². The molecule has 0 aliphatic rings. The molecule has 0 aliphatic heterocycles. The van der Waals surface area contributed by atoms with Crippen LogP contribution in [0.25, 0.3) is 121 Å². The predicted octanol–water partition coefficient (Wildman–Crippen LogP) is 15.1. The number of nitriles is 3. The second-order valence-corrected chi connectivity index (χ2v) is 17.2. The molecule has 0 spiro atoms. The Morgan fingerprint density at radius 2 is 0.764 bits per heavy atom. The van der Waals surface area contributed by atoms with Crippen molar-refractivity contribution in [1.82, 2.24) is 24.1 Å². The molecule has 330 valence electrons. The van der Waals surface area contributed by atoms with Gasteiger partial charge in [-0.15, -0.1) is 0 Å². The molecule has 72 heavy (non-hydrogen) atoms. The first-order valence-corrected chi connectivity index (χ1v) is 22.8. The van der Waals surface area contributed by atoms with E-state index in [0.717, 1.165) is 88.4 Å². The van der Waals surface area contributed by atoms with E-state index in [4.69, 9.17) is 28.1 Å². The van der Waals surface area contributed by atoms with E-state index >= 15 is 0 Å². The maximum absolute atomic E-state index is 10.1. The lowest BCUT2D eigenvalue weighted by atomic mass is 9.95. The van der Waals surface area contributed by atoms with Gasteiger partial charge in [0, 0.05) is 38.4 Å². The second kappa shape index (κ2) is 17.3. The Labute approximate surface area is 412 Å². The summed E-state index contributed by atoms with van der Waals surface area (Å²) in [7, 11) is 0. The van der Waals surface area contributed by atoms with E-state index in [1.54, 1.807) is 18.2 Å². The third-order valence-electron chi connectivity index (χ3n) is 13.1. The van der Waals surface area contributed by atoms with E-state index in [0.29, 0.717) is 51.1 Å². The second-order valence-electron chi connectivity index (χ2n) is 17.2. The highest BCUT2D eigenvalue weighted by atomic mass is 15.1. The molecule has 0 radical (unpaired) electrons. The lowest BCUT2D eigenvalue weighted by molar-refractivity contribution is 1.06. The molecule has 10 heteroatoms. The van der Waals surface area contributed by atoms with Gasteiger partial charge in [-0.25, -0.2) is 24.6 Å². The zero-order chi connectivity index (χ0) is 48.9. The van der Waals surface area contributed by atoms with Crippen LogP contribution in [0.15, 0.2) is 194 Å². The maximum Gasteiger partial charge on any atom is 0.188 e. The predicted molar refractivity (Wildman–Crippen MR) is 282 cm³/mol. The molecule has 3 heterocycles. The SMILES string of the molecule is [C-]#[N+]c1cccc(-c2ccc(-n3c4ccc(C#N)cc4c4cc(C#N)ccc43)c(-c3ccc(-n4c5ccc(C#N)cc5c5cc([N+]#[C-])ccc54)c(-c4nc(-c5ccccc5)nc(-c5ccccc5)n4)c3)c2)c1. The standard InChI is InChI=1S/C62H32N10/c1-66-46-15-9-14-43(31-46)44-19-25-54(71-55-22-16-38(35-63)28-49(55)50-29-39(36-64)17-23-56(50)71)48(32-44)45-20-26-59(72-57-24-18-40(37-65)30-51(57)52-34-47(67-2)21-27-58(52)72)53(33-45)62-69-60(41-10-5-3-6-11-41)68-61(70-62)42-12-7-4-8-13-42/h3-34H. The third-order valence-corrected chi connectivity index (χ3v) is 13.1. The van der Waals surface area contributed by atoms with E-state index in [1.807, 2.05) is 140 Å². The monoisotopic (exact) mass is 916 g/mol. The first kappa shape index (κ1) is 42.4. The van der Waals surface area contributed by atoms with Crippen molar-refractivity contribution in [2.24, 2.45) is 0 Å². The first-order valence-electron chi connectivity index (χ1n) is 22.8. The van der Waals surface area contributed by atoms with Crippen LogP contribution in [0.3, 0.4) is 0 Å². The highest BCUT2D eigenvalue weighted by Gasteiger charge is 2.24. The molecule has 0 bridgehead atoms. The molecule has 12 rings (SSSR count). The zero-order valence-corrected chi connectivity index (χ0v) is 37.9. The van der Waals surface area contributed by atoms with Crippen LogP contribution in [-0.2, 0) is 0 Å². The maximum atomic E-state index is 10.1. The fraction of sp³-hybridized carbons (Fsp3) is 0. The average molecular weight is 917 g/mol. The van der Waals surface area contributed by atoms with Crippen molar-refractivity contribution >= 4 is 55.0 Å². The van der Waals surface area contributed by atoms with Crippen molar-refractivity contribution in [1.29, 1.82) is 15.8 Å². The van der Waals surface area contributed by atoms with Gasteiger partial charge in [-0.2, -0.15) is 15.8 Å².